The summed E-state index contributed by atoms with van der Waals surface area (Å²) in [7, 11) is 0. The van der Waals surface area contributed by atoms with Crippen molar-refractivity contribution in [1.82, 2.24) is 0 Å². The molecule has 1 aromatic rings. The van der Waals surface area contributed by atoms with Gasteiger partial charge in [0.25, 0.3) is 0 Å². The Hall–Kier alpha value is 0.1000. The molecule has 0 aliphatic carbocycles. The highest BCUT2D eigenvalue weighted by molar-refractivity contribution is 9.11. The third kappa shape index (κ3) is 2.77. The Balaban J connectivity index is 2.99. The zero-order valence-corrected chi connectivity index (χ0v) is 10.3. The fraction of sp³-hybridized carbons (Fsp3) is 0.333. The number of hydrogen-bond acceptors (Lipinski definition) is 2. The molecule has 0 atom stereocenters. The lowest BCUT2D eigenvalue weighted by Crippen LogP contribution is -2.21. The number of hydrogen-bond donors (Lipinski definition) is 2. The standard InChI is InChI=1S/C9H12Br2N2/c10-7-1-2-8(9(11)3-7)6(4-12)5-13/h1-3,6H,4-5,12-13H2. The summed E-state index contributed by atoms with van der Waals surface area (Å²) in [4.78, 5) is 0. The molecule has 0 amide bonds. The molecule has 0 radical (unpaired) electrons. The van der Waals surface area contributed by atoms with E-state index in [4.69, 9.17) is 11.5 Å². The predicted molar refractivity (Wildman–Crippen MR) is 62.7 cm³/mol. The third-order valence-corrected chi connectivity index (χ3v) is 3.15. The van der Waals surface area contributed by atoms with Crippen LogP contribution in [0.2, 0.25) is 0 Å². The van der Waals surface area contributed by atoms with Crippen molar-refractivity contribution in [2.24, 2.45) is 11.5 Å². The maximum Gasteiger partial charge on any atom is 0.0222 e. The minimum Gasteiger partial charge on any atom is -0.330 e. The molecule has 0 aromatic heterocycles. The molecule has 72 valence electrons. The van der Waals surface area contributed by atoms with Crippen LogP contribution in [0.1, 0.15) is 11.5 Å². The van der Waals surface area contributed by atoms with Crippen LogP contribution >= 0.6 is 31.9 Å². The van der Waals surface area contributed by atoms with E-state index in [2.05, 4.69) is 31.9 Å². The van der Waals surface area contributed by atoms with Crippen LogP contribution in [-0.4, -0.2) is 13.1 Å². The highest BCUT2D eigenvalue weighted by atomic mass is 79.9. The van der Waals surface area contributed by atoms with Crippen molar-refractivity contribution in [3.63, 3.8) is 0 Å². The van der Waals surface area contributed by atoms with Gasteiger partial charge in [0.15, 0.2) is 0 Å². The molecule has 4 N–H and O–H groups in total. The Labute approximate surface area is 94.9 Å². The highest BCUT2D eigenvalue weighted by Crippen LogP contribution is 2.27. The minimum atomic E-state index is 0.238. The molecule has 0 fully saturated rings. The van der Waals surface area contributed by atoms with Crippen LogP contribution in [0.25, 0.3) is 0 Å². The molecule has 0 saturated heterocycles. The van der Waals surface area contributed by atoms with Gasteiger partial charge in [-0.05, 0) is 17.7 Å². The fourth-order valence-electron chi connectivity index (χ4n) is 1.18. The third-order valence-electron chi connectivity index (χ3n) is 1.97. The summed E-state index contributed by atoms with van der Waals surface area (Å²) < 4.78 is 2.11. The van der Waals surface area contributed by atoms with Gasteiger partial charge in [0, 0.05) is 28.0 Å². The zero-order chi connectivity index (χ0) is 9.84. The lowest BCUT2D eigenvalue weighted by atomic mass is 10.00. The molecule has 13 heavy (non-hydrogen) atoms. The Morgan fingerprint density at radius 2 is 1.77 bits per heavy atom. The summed E-state index contributed by atoms with van der Waals surface area (Å²) >= 11 is 6.88. The summed E-state index contributed by atoms with van der Waals surface area (Å²) in [5.74, 6) is 0.238. The molecule has 0 saturated carbocycles. The molecule has 0 unspecified atom stereocenters. The van der Waals surface area contributed by atoms with Crippen molar-refractivity contribution in [1.29, 1.82) is 0 Å². The van der Waals surface area contributed by atoms with E-state index in [0.29, 0.717) is 13.1 Å². The molecular weight excluding hydrogens is 296 g/mol. The first kappa shape index (κ1) is 11.2. The van der Waals surface area contributed by atoms with Crippen molar-refractivity contribution >= 4 is 31.9 Å². The Kier molecular flexibility index (Phi) is 4.38. The first-order valence-electron chi connectivity index (χ1n) is 4.04. The summed E-state index contributed by atoms with van der Waals surface area (Å²) in [6.07, 6.45) is 0. The molecule has 0 aliphatic heterocycles. The largest absolute Gasteiger partial charge is 0.330 e. The fourth-order valence-corrected chi connectivity index (χ4v) is 2.55. The van der Waals surface area contributed by atoms with Crippen LogP contribution in [0, 0.1) is 0 Å². The van der Waals surface area contributed by atoms with Crippen molar-refractivity contribution in [2.45, 2.75) is 5.92 Å². The number of nitrogens with two attached hydrogens (primary N) is 2. The normalized spacial score (nSPS) is 10.8. The first-order valence-corrected chi connectivity index (χ1v) is 5.62. The Bertz CT molecular complexity index is 285. The second kappa shape index (κ2) is 5.10. The average Bonchev–Trinajstić information content (AvgIpc) is 2.10. The van der Waals surface area contributed by atoms with E-state index in [0.717, 1.165) is 8.95 Å². The maximum atomic E-state index is 5.61. The van der Waals surface area contributed by atoms with Crippen molar-refractivity contribution < 1.29 is 0 Å². The maximum absolute atomic E-state index is 5.61. The lowest BCUT2D eigenvalue weighted by molar-refractivity contribution is 0.705. The van der Waals surface area contributed by atoms with E-state index < -0.39 is 0 Å². The van der Waals surface area contributed by atoms with Crippen molar-refractivity contribution in [2.75, 3.05) is 13.1 Å². The molecular formula is C9H12Br2N2. The van der Waals surface area contributed by atoms with Crippen LogP contribution in [0.5, 0.6) is 0 Å². The zero-order valence-electron chi connectivity index (χ0n) is 7.13. The molecule has 0 bridgehead atoms. The Morgan fingerprint density at radius 1 is 1.15 bits per heavy atom. The van der Waals surface area contributed by atoms with Gasteiger partial charge >= 0.3 is 0 Å². The first-order chi connectivity index (χ1) is 6.19. The number of rotatable bonds is 3. The van der Waals surface area contributed by atoms with E-state index in [-0.39, 0.29) is 5.92 Å². The van der Waals surface area contributed by atoms with Gasteiger partial charge in [-0.1, -0.05) is 37.9 Å². The van der Waals surface area contributed by atoms with E-state index in [1.54, 1.807) is 0 Å². The average molecular weight is 308 g/mol. The van der Waals surface area contributed by atoms with Gasteiger partial charge in [-0.3, -0.25) is 0 Å². The highest BCUT2D eigenvalue weighted by Gasteiger charge is 2.10. The molecule has 0 heterocycles. The summed E-state index contributed by atoms with van der Waals surface area (Å²) in [5, 5.41) is 0. The molecule has 2 nitrogen and oxygen atoms in total. The van der Waals surface area contributed by atoms with E-state index in [1.165, 1.54) is 5.56 Å². The van der Waals surface area contributed by atoms with Gasteiger partial charge in [-0.25, -0.2) is 0 Å². The molecule has 1 rings (SSSR count). The quantitative estimate of drug-likeness (QED) is 0.899. The van der Waals surface area contributed by atoms with Crippen molar-refractivity contribution in [3.05, 3.63) is 32.7 Å². The lowest BCUT2D eigenvalue weighted by Gasteiger charge is -2.14. The number of halogens is 2. The van der Waals surface area contributed by atoms with Crippen LogP contribution in [0.3, 0.4) is 0 Å². The van der Waals surface area contributed by atoms with Gasteiger partial charge in [0.05, 0.1) is 0 Å². The van der Waals surface area contributed by atoms with E-state index in [1.807, 2.05) is 18.2 Å². The predicted octanol–water partition coefficient (Wildman–Crippen LogP) is 2.21. The molecule has 0 spiro atoms. The summed E-state index contributed by atoms with van der Waals surface area (Å²) in [6.45, 7) is 1.16. The number of benzene rings is 1. The van der Waals surface area contributed by atoms with Gasteiger partial charge in [0.1, 0.15) is 0 Å². The topological polar surface area (TPSA) is 52.0 Å². The summed E-state index contributed by atoms with van der Waals surface area (Å²) in [6, 6.07) is 6.05. The van der Waals surface area contributed by atoms with Gasteiger partial charge in [0.2, 0.25) is 0 Å². The molecule has 1 aromatic carbocycles. The van der Waals surface area contributed by atoms with E-state index >= 15 is 0 Å². The van der Waals surface area contributed by atoms with Crippen molar-refractivity contribution in [3.8, 4) is 0 Å². The molecule has 4 heteroatoms. The van der Waals surface area contributed by atoms with Crippen LogP contribution in [0.15, 0.2) is 27.1 Å². The molecule has 0 aliphatic rings. The Morgan fingerprint density at radius 3 is 2.23 bits per heavy atom. The SMILES string of the molecule is NCC(CN)c1ccc(Br)cc1Br. The van der Waals surface area contributed by atoms with Crippen LogP contribution in [-0.2, 0) is 0 Å². The second-order valence-electron chi connectivity index (χ2n) is 2.83. The smallest absolute Gasteiger partial charge is 0.0222 e. The minimum absolute atomic E-state index is 0.238. The van der Waals surface area contributed by atoms with Crippen LogP contribution < -0.4 is 11.5 Å². The monoisotopic (exact) mass is 306 g/mol. The van der Waals surface area contributed by atoms with Gasteiger partial charge in [-0.15, -0.1) is 0 Å². The van der Waals surface area contributed by atoms with Gasteiger partial charge in [-0.2, -0.15) is 0 Å². The van der Waals surface area contributed by atoms with Gasteiger partial charge < -0.3 is 11.5 Å². The van der Waals surface area contributed by atoms with E-state index in [9.17, 15) is 0 Å². The second-order valence-corrected chi connectivity index (χ2v) is 4.60. The van der Waals surface area contributed by atoms with Crippen LogP contribution in [0.4, 0.5) is 0 Å². The summed E-state index contributed by atoms with van der Waals surface area (Å²) in [5.41, 5.74) is 12.4.